The van der Waals surface area contributed by atoms with E-state index in [9.17, 15) is 0 Å². The monoisotopic (exact) mass is 202 g/mol. The van der Waals surface area contributed by atoms with Gasteiger partial charge in [-0.2, -0.15) is 0 Å². The van der Waals surface area contributed by atoms with Gasteiger partial charge >= 0.3 is 0 Å². The summed E-state index contributed by atoms with van der Waals surface area (Å²) in [5, 5.41) is 0. The number of nitrogens with zero attached hydrogens (tertiary/aromatic N) is 2. The molecule has 2 aromatic rings. The number of hydrogen-bond donors (Lipinski definition) is 2. The third kappa shape index (κ3) is 1.93. The van der Waals surface area contributed by atoms with Gasteiger partial charge in [0.2, 0.25) is 0 Å². The number of rotatable bonds is 2. The van der Waals surface area contributed by atoms with Crippen LogP contribution in [0.15, 0.2) is 30.5 Å². The molecule has 0 amide bonds. The Hall–Kier alpha value is -1.97. The Kier molecular flexibility index (Phi) is 2.33. The molecular formula is C11H14N4. The van der Waals surface area contributed by atoms with Crippen LogP contribution in [0, 0.1) is 13.8 Å². The number of anilines is 2. The van der Waals surface area contributed by atoms with Gasteiger partial charge in [0.05, 0.1) is 0 Å². The molecule has 0 aliphatic carbocycles. The molecule has 78 valence electrons. The first-order chi connectivity index (χ1) is 7.16. The van der Waals surface area contributed by atoms with Crippen LogP contribution in [-0.4, -0.2) is 9.66 Å². The highest BCUT2D eigenvalue weighted by Gasteiger charge is 2.01. The fraction of sp³-hybridized carbons (Fsp3) is 0.182. The van der Waals surface area contributed by atoms with Gasteiger partial charge in [-0.05, 0) is 32.0 Å². The van der Waals surface area contributed by atoms with E-state index in [0.717, 1.165) is 17.2 Å². The Labute approximate surface area is 88.7 Å². The highest BCUT2D eigenvalue weighted by Crippen LogP contribution is 2.11. The summed E-state index contributed by atoms with van der Waals surface area (Å²) < 4.78 is 1.97. The van der Waals surface area contributed by atoms with E-state index in [1.807, 2.05) is 18.5 Å². The molecule has 2 rings (SSSR count). The molecule has 0 fully saturated rings. The molecule has 0 saturated heterocycles. The largest absolute Gasteiger partial charge is 0.399 e. The van der Waals surface area contributed by atoms with Crippen LogP contribution in [-0.2, 0) is 0 Å². The zero-order valence-corrected chi connectivity index (χ0v) is 8.86. The van der Waals surface area contributed by atoms with Crippen LogP contribution in [0.4, 0.5) is 11.5 Å². The number of nitrogens with two attached hydrogens (primary N) is 1. The van der Waals surface area contributed by atoms with Gasteiger partial charge in [0.1, 0.15) is 5.82 Å². The van der Waals surface area contributed by atoms with E-state index in [2.05, 4.69) is 22.5 Å². The number of pyridine rings is 1. The molecule has 4 nitrogen and oxygen atoms in total. The molecule has 4 heteroatoms. The minimum Gasteiger partial charge on any atom is -0.399 e. The highest BCUT2D eigenvalue weighted by molar-refractivity contribution is 5.48. The standard InChI is InChI=1S/C11H14N4/c1-8-3-4-9(2)15(8)14-11-7-10(12)5-6-13-11/h3-7H,1-2H3,(H3,12,13,14). The molecule has 3 N–H and O–H groups in total. The minimum absolute atomic E-state index is 0.704. The molecule has 0 radical (unpaired) electrons. The normalized spacial score (nSPS) is 10.3. The summed E-state index contributed by atoms with van der Waals surface area (Å²) in [6.45, 7) is 4.07. The van der Waals surface area contributed by atoms with Gasteiger partial charge in [-0.1, -0.05) is 0 Å². The zero-order chi connectivity index (χ0) is 10.8. The van der Waals surface area contributed by atoms with Gasteiger partial charge in [0.25, 0.3) is 0 Å². The van der Waals surface area contributed by atoms with Gasteiger partial charge < -0.3 is 5.73 Å². The van der Waals surface area contributed by atoms with Crippen molar-refractivity contribution in [3.8, 4) is 0 Å². The van der Waals surface area contributed by atoms with Crippen LogP contribution in [0.3, 0.4) is 0 Å². The first kappa shape index (κ1) is 9.58. The van der Waals surface area contributed by atoms with Crippen molar-refractivity contribution in [3.63, 3.8) is 0 Å². The first-order valence-corrected chi connectivity index (χ1v) is 4.80. The maximum atomic E-state index is 5.67. The van der Waals surface area contributed by atoms with Crippen molar-refractivity contribution in [2.75, 3.05) is 11.2 Å². The summed E-state index contributed by atoms with van der Waals surface area (Å²) in [5.74, 6) is 0.748. The Balaban J connectivity index is 2.29. The van der Waals surface area contributed by atoms with Crippen molar-refractivity contribution in [2.24, 2.45) is 0 Å². The SMILES string of the molecule is Cc1ccc(C)n1Nc1cc(N)ccn1. The maximum Gasteiger partial charge on any atom is 0.146 e. The lowest BCUT2D eigenvalue weighted by molar-refractivity contribution is 0.871. The Morgan fingerprint density at radius 2 is 1.87 bits per heavy atom. The molecule has 0 aromatic carbocycles. The maximum absolute atomic E-state index is 5.67. The van der Waals surface area contributed by atoms with Crippen molar-refractivity contribution in [3.05, 3.63) is 41.9 Å². The Bertz CT molecular complexity index is 454. The average molecular weight is 202 g/mol. The third-order valence-electron chi connectivity index (χ3n) is 2.28. The fourth-order valence-corrected chi connectivity index (χ4v) is 1.47. The van der Waals surface area contributed by atoms with Gasteiger partial charge in [0, 0.05) is 29.3 Å². The van der Waals surface area contributed by atoms with Crippen molar-refractivity contribution < 1.29 is 0 Å². The summed E-state index contributed by atoms with van der Waals surface area (Å²) in [5.41, 5.74) is 11.8. The van der Waals surface area contributed by atoms with Crippen molar-refractivity contribution in [1.29, 1.82) is 0 Å². The molecular weight excluding hydrogens is 188 g/mol. The summed E-state index contributed by atoms with van der Waals surface area (Å²) in [6, 6.07) is 7.67. The van der Waals surface area contributed by atoms with Crippen LogP contribution >= 0.6 is 0 Å². The highest BCUT2D eigenvalue weighted by atomic mass is 15.4. The summed E-state index contributed by atoms with van der Waals surface area (Å²) in [6.07, 6.45) is 1.69. The van der Waals surface area contributed by atoms with Crippen LogP contribution in [0.2, 0.25) is 0 Å². The van der Waals surface area contributed by atoms with Gasteiger partial charge in [-0.3, -0.25) is 10.1 Å². The van der Waals surface area contributed by atoms with Crippen LogP contribution in [0.5, 0.6) is 0 Å². The molecule has 0 aliphatic rings. The van der Waals surface area contributed by atoms with Gasteiger partial charge in [-0.15, -0.1) is 0 Å². The Morgan fingerprint density at radius 3 is 2.47 bits per heavy atom. The van der Waals surface area contributed by atoms with Crippen LogP contribution in [0.1, 0.15) is 11.4 Å². The summed E-state index contributed by atoms with van der Waals surface area (Å²) >= 11 is 0. The summed E-state index contributed by atoms with van der Waals surface area (Å²) in [4.78, 5) is 4.18. The van der Waals surface area contributed by atoms with E-state index in [-0.39, 0.29) is 0 Å². The van der Waals surface area contributed by atoms with E-state index in [1.54, 1.807) is 18.3 Å². The zero-order valence-electron chi connectivity index (χ0n) is 8.86. The van der Waals surface area contributed by atoms with Crippen LogP contribution in [0.25, 0.3) is 0 Å². The van der Waals surface area contributed by atoms with E-state index in [0.29, 0.717) is 5.69 Å². The molecule has 2 aromatic heterocycles. The number of hydrogen-bond acceptors (Lipinski definition) is 3. The first-order valence-electron chi connectivity index (χ1n) is 4.80. The fourth-order valence-electron chi connectivity index (χ4n) is 1.47. The molecule has 0 saturated carbocycles. The molecule has 0 unspecified atom stereocenters. The molecule has 0 spiro atoms. The molecule has 2 heterocycles. The second-order valence-corrected chi connectivity index (χ2v) is 3.54. The second kappa shape index (κ2) is 3.65. The van der Waals surface area contributed by atoms with E-state index in [1.165, 1.54) is 0 Å². The molecule has 0 atom stereocenters. The lowest BCUT2D eigenvalue weighted by atomic mass is 10.4. The van der Waals surface area contributed by atoms with Gasteiger partial charge in [-0.25, -0.2) is 4.98 Å². The third-order valence-corrected chi connectivity index (χ3v) is 2.28. The summed E-state index contributed by atoms with van der Waals surface area (Å²) in [7, 11) is 0. The van der Waals surface area contributed by atoms with Crippen LogP contribution < -0.4 is 11.2 Å². The van der Waals surface area contributed by atoms with E-state index < -0.39 is 0 Å². The number of nitrogen functional groups attached to an aromatic ring is 1. The van der Waals surface area contributed by atoms with Crippen molar-refractivity contribution >= 4 is 11.5 Å². The average Bonchev–Trinajstić information content (AvgIpc) is 2.50. The lowest BCUT2D eigenvalue weighted by Gasteiger charge is -2.11. The molecule has 0 bridgehead atoms. The topological polar surface area (TPSA) is 55.9 Å². The van der Waals surface area contributed by atoms with E-state index in [4.69, 9.17) is 5.73 Å². The number of aromatic nitrogens is 2. The van der Waals surface area contributed by atoms with E-state index >= 15 is 0 Å². The van der Waals surface area contributed by atoms with Crippen molar-refractivity contribution in [1.82, 2.24) is 9.66 Å². The Morgan fingerprint density at radius 1 is 1.20 bits per heavy atom. The van der Waals surface area contributed by atoms with Gasteiger partial charge in [0.15, 0.2) is 0 Å². The quantitative estimate of drug-likeness (QED) is 0.782. The molecule has 0 aliphatic heterocycles. The smallest absolute Gasteiger partial charge is 0.146 e. The predicted molar refractivity (Wildman–Crippen MR) is 61.6 cm³/mol. The lowest BCUT2D eigenvalue weighted by Crippen LogP contribution is -2.13. The second-order valence-electron chi connectivity index (χ2n) is 3.54. The minimum atomic E-state index is 0.704. The number of nitrogens with one attached hydrogen (secondary N) is 1. The predicted octanol–water partition coefficient (Wildman–Crippen LogP) is 1.96. The molecule has 15 heavy (non-hydrogen) atoms. The van der Waals surface area contributed by atoms with Crippen molar-refractivity contribution in [2.45, 2.75) is 13.8 Å². The number of aryl methyl sites for hydroxylation is 2.